The molecular weight excluding hydrogens is 240 g/mol. The summed E-state index contributed by atoms with van der Waals surface area (Å²) in [5.41, 5.74) is -0.553. The monoisotopic (exact) mass is 254 g/mol. The Morgan fingerprint density at radius 1 is 1.39 bits per heavy atom. The first-order chi connectivity index (χ1) is 8.21. The molecule has 0 bridgehead atoms. The van der Waals surface area contributed by atoms with Crippen LogP contribution in [-0.2, 0) is 4.79 Å². The lowest BCUT2D eigenvalue weighted by Gasteiger charge is -2.16. The van der Waals surface area contributed by atoms with Crippen LogP contribution in [0.25, 0.3) is 0 Å². The number of furan rings is 1. The lowest BCUT2D eigenvalue weighted by atomic mass is 9.91. The van der Waals surface area contributed by atoms with E-state index in [9.17, 15) is 19.7 Å². The number of hydrogen-bond donors (Lipinski definition) is 1. The molecule has 1 aromatic rings. The lowest BCUT2D eigenvalue weighted by molar-refractivity contribution is -0.402. The van der Waals surface area contributed by atoms with Gasteiger partial charge in [0, 0.05) is 5.41 Å². The van der Waals surface area contributed by atoms with Crippen LogP contribution in [0, 0.1) is 15.5 Å². The minimum atomic E-state index is -0.739. The number of carbonyl (C=O) groups is 2. The van der Waals surface area contributed by atoms with Crippen molar-refractivity contribution in [1.29, 1.82) is 0 Å². The third-order valence-electron chi connectivity index (χ3n) is 2.24. The van der Waals surface area contributed by atoms with Crippen LogP contribution < -0.4 is 5.32 Å². The van der Waals surface area contributed by atoms with Crippen LogP contribution in [0.1, 0.15) is 31.3 Å². The third-order valence-corrected chi connectivity index (χ3v) is 2.24. The highest BCUT2D eigenvalue weighted by Crippen LogP contribution is 2.16. The van der Waals surface area contributed by atoms with Crippen LogP contribution in [-0.4, -0.2) is 23.2 Å². The molecule has 7 nitrogen and oxygen atoms in total. The van der Waals surface area contributed by atoms with Crippen LogP contribution in [0.3, 0.4) is 0 Å². The van der Waals surface area contributed by atoms with E-state index in [4.69, 9.17) is 4.42 Å². The summed E-state index contributed by atoms with van der Waals surface area (Å²) in [4.78, 5) is 32.7. The van der Waals surface area contributed by atoms with Crippen molar-refractivity contribution in [3.8, 4) is 0 Å². The van der Waals surface area contributed by atoms with Crippen LogP contribution in [0.2, 0.25) is 0 Å². The summed E-state index contributed by atoms with van der Waals surface area (Å²) in [6.45, 7) is 5.06. The minimum Gasteiger partial charge on any atom is -0.395 e. The fraction of sp³-hybridized carbons (Fsp3) is 0.455. The summed E-state index contributed by atoms with van der Waals surface area (Å²) in [6, 6.07) is 2.27. The first-order valence-electron chi connectivity index (χ1n) is 5.27. The summed E-state index contributed by atoms with van der Waals surface area (Å²) in [7, 11) is 0. The Morgan fingerprint density at radius 3 is 2.44 bits per heavy atom. The van der Waals surface area contributed by atoms with E-state index in [1.807, 2.05) is 0 Å². The molecule has 0 aliphatic rings. The zero-order chi connectivity index (χ0) is 13.9. The second kappa shape index (κ2) is 4.99. The van der Waals surface area contributed by atoms with Gasteiger partial charge in [0.25, 0.3) is 5.91 Å². The van der Waals surface area contributed by atoms with Crippen molar-refractivity contribution in [3.63, 3.8) is 0 Å². The quantitative estimate of drug-likeness (QED) is 0.648. The number of nitrogens with zero attached hydrogens (tertiary/aromatic N) is 1. The second-order valence-corrected chi connectivity index (χ2v) is 4.75. The van der Waals surface area contributed by atoms with E-state index in [1.165, 1.54) is 6.07 Å². The lowest BCUT2D eigenvalue weighted by Crippen LogP contribution is -2.35. The summed E-state index contributed by atoms with van der Waals surface area (Å²) in [5, 5.41) is 12.7. The number of carbonyl (C=O) groups excluding carboxylic acids is 2. The van der Waals surface area contributed by atoms with Gasteiger partial charge in [-0.05, 0) is 6.07 Å². The molecule has 0 aromatic carbocycles. The normalized spacial score (nSPS) is 11.1. The van der Waals surface area contributed by atoms with Gasteiger partial charge in [-0.3, -0.25) is 19.7 Å². The van der Waals surface area contributed by atoms with E-state index >= 15 is 0 Å². The molecule has 1 heterocycles. The number of rotatable bonds is 4. The molecule has 1 aromatic heterocycles. The highest BCUT2D eigenvalue weighted by atomic mass is 16.6. The average molecular weight is 254 g/mol. The SMILES string of the molecule is CC(C)(C)C(=O)CNC(=O)c1ccc([N+](=O)[O-])o1. The van der Waals surface area contributed by atoms with Crippen LogP contribution in [0.5, 0.6) is 0 Å². The first-order valence-corrected chi connectivity index (χ1v) is 5.27. The van der Waals surface area contributed by atoms with Gasteiger partial charge >= 0.3 is 5.88 Å². The fourth-order valence-electron chi connectivity index (χ4n) is 1.06. The maximum Gasteiger partial charge on any atom is 0.433 e. The Labute approximate surface area is 103 Å². The van der Waals surface area contributed by atoms with E-state index in [2.05, 4.69) is 5.32 Å². The second-order valence-electron chi connectivity index (χ2n) is 4.75. The van der Waals surface area contributed by atoms with Gasteiger partial charge in [0.15, 0.2) is 11.5 Å². The smallest absolute Gasteiger partial charge is 0.395 e. The number of nitro groups is 1. The van der Waals surface area contributed by atoms with Crippen LogP contribution in [0.15, 0.2) is 16.5 Å². The van der Waals surface area contributed by atoms with Gasteiger partial charge in [0.05, 0.1) is 12.6 Å². The zero-order valence-electron chi connectivity index (χ0n) is 10.4. The van der Waals surface area contributed by atoms with E-state index in [1.54, 1.807) is 20.8 Å². The molecule has 0 unspecified atom stereocenters. The fourth-order valence-corrected chi connectivity index (χ4v) is 1.06. The maximum atomic E-state index is 11.6. The number of nitrogens with one attached hydrogen (secondary N) is 1. The molecule has 0 aliphatic heterocycles. The number of Topliss-reactive ketones (excluding diaryl/α,β-unsaturated/α-hetero) is 1. The van der Waals surface area contributed by atoms with E-state index < -0.39 is 22.1 Å². The topological polar surface area (TPSA) is 102 Å². The highest BCUT2D eigenvalue weighted by molar-refractivity contribution is 5.95. The maximum absolute atomic E-state index is 11.6. The molecule has 1 amide bonds. The van der Waals surface area contributed by atoms with Gasteiger partial charge in [0.1, 0.15) is 4.92 Å². The zero-order valence-corrected chi connectivity index (χ0v) is 10.4. The predicted molar refractivity (Wildman–Crippen MR) is 62.2 cm³/mol. The van der Waals surface area contributed by atoms with Gasteiger partial charge < -0.3 is 9.73 Å². The van der Waals surface area contributed by atoms with Crippen molar-refractivity contribution in [2.75, 3.05) is 6.54 Å². The van der Waals surface area contributed by atoms with Crippen LogP contribution >= 0.6 is 0 Å². The standard InChI is InChI=1S/C11H14N2O5/c1-11(2,3)8(14)6-12-10(15)7-4-5-9(18-7)13(16)17/h4-5H,6H2,1-3H3,(H,12,15). The van der Waals surface area contributed by atoms with Crippen molar-refractivity contribution in [3.05, 3.63) is 28.0 Å². The summed E-state index contributed by atoms with van der Waals surface area (Å²) in [5.74, 6) is -1.50. The van der Waals surface area contributed by atoms with E-state index in [0.29, 0.717) is 0 Å². The Morgan fingerprint density at radius 2 is 2.00 bits per heavy atom. The first kappa shape index (κ1) is 13.9. The summed E-state index contributed by atoms with van der Waals surface area (Å²) in [6.07, 6.45) is 0. The molecule has 18 heavy (non-hydrogen) atoms. The summed E-state index contributed by atoms with van der Waals surface area (Å²) < 4.78 is 4.70. The highest BCUT2D eigenvalue weighted by Gasteiger charge is 2.23. The van der Waals surface area contributed by atoms with Crippen molar-refractivity contribution in [2.45, 2.75) is 20.8 Å². The Hall–Kier alpha value is -2.18. The molecule has 98 valence electrons. The van der Waals surface area contributed by atoms with Crippen LogP contribution in [0.4, 0.5) is 5.88 Å². The molecule has 0 fully saturated rings. The molecule has 0 spiro atoms. The van der Waals surface area contributed by atoms with Gasteiger partial charge in [-0.15, -0.1) is 0 Å². The van der Waals surface area contributed by atoms with Gasteiger partial charge in [-0.1, -0.05) is 20.8 Å². The average Bonchev–Trinajstić information content (AvgIpc) is 2.73. The third kappa shape index (κ3) is 3.41. The molecule has 0 atom stereocenters. The Bertz CT molecular complexity index is 484. The molecule has 7 heteroatoms. The predicted octanol–water partition coefficient (Wildman–Crippen LogP) is 1.53. The Balaban J connectivity index is 2.61. The molecule has 0 saturated carbocycles. The molecule has 0 saturated heterocycles. The van der Waals surface area contributed by atoms with Gasteiger partial charge in [-0.25, -0.2) is 0 Å². The molecule has 1 rings (SSSR count). The van der Waals surface area contributed by atoms with E-state index in [0.717, 1.165) is 6.07 Å². The van der Waals surface area contributed by atoms with Crippen molar-refractivity contribution in [2.24, 2.45) is 5.41 Å². The van der Waals surface area contributed by atoms with Gasteiger partial charge in [0.2, 0.25) is 0 Å². The van der Waals surface area contributed by atoms with E-state index in [-0.39, 0.29) is 18.1 Å². The van der Waals surface area contributed by atoms with Crippen molar-refractivity contribution in [1.82, 2.24) is 5.32 Å². The van der Waals surface area contributed by atoms with Crippen molar-refractivity contribution >= 4 is 17.6 Å². The van der Waals surface area contributed by atoms with Gasteiger partial charge in [-0.2, -0.15) is 0 Å². The summed E-state index contributed by atoms with van der Waals surface area (Å²) >= 11 is 0. The number of hydrogen-bond acceptors (Lipinski definition) is 5. The minimum absolute atomic E-state index is 0.142. The molecule has 1 N–H and O–H groups in total. The number of ketones is 1. The Kier molecular flexibility index (Phi) is 3.85. The van der Waals surface area contributed by atoms with Crippen molar-refractivity contribution < 1.29 is 18.9 Å². The molecule has 0 aliphatic carbocycles. The molecule has 0 radical (unpaired) electrons. The largest absolute Gasteiger partial charge is 0.433 e. The number of amides is 1. The molecular formula is C11H14N2O5.